The summed E-state index contributed by atoms with van der Waals surface area (Å²) in [5.41, 5.74) is 0.825. The molecule has 0 aromatic carbocycles. The third-order valence-corrected chi connectivity index (χ3v) is 4.69. The van der Waals surface area contributed by atoms with Crippen molar-refractivity contribution in [1.29, 1.82) is 0 Å². The van der Waals surface area contributed by atoms with Crippen LogP contribution in [0.5, 0.6) is 0 Å². The lowest BCUT2D eigenvalue weighted by atomic mass is 9.63. The fraction of sp³-hybridized carbons (Fsp3) is 0.786. The van der Waals surface area contributed by atoms with Gasteiger partial charge in [-0.15, -0.1) is 5.10 Å². The number of hydrogen-bond donors (Lipinski definition) is 0. The molecule has 4 heteroatoms. The predicted molar refractivity (Wildman–Crippen MR) is 67.9 cm³/mol. The molecule has 0 bridgehead atoms. The number of hydrogen-bond acceptors (Lipinski definition) is 3. The van der Waals surface area contributed by atoms with Gasteiger partial charge in [0, 0.05) is 19.2 Å². The van der Waals surface area contributed by atoms with Crippen molar-refractivity contribution >= 4 is 5.78 Å². The first-order valence-corrected chi connectivity index (χ1v) is 7.12. The Balaban J connectivity index is 1.67. The van der Waals surface area contributed by atoms with Crippen LogP contribution in [-0.4, -0.2) is 20.8 Å². The van der Waals surface area contributed by atoms with E-state index in [1.807, 2.05) is 13.2 Å². The van der Waals surface area contributed by atoms with Crippen LogP contribution in [0.15, 0.2) is 6.20 Å². The van der Waals surface area contributed by atoms with Gasteiger partial charge in [-0.1, -0.05) is 18.1 Å². The van der Waals surface area contributed by atoms with Gasteiger partial charge in [0.15, 0.2) is 0 Å². The number of Topliss-reactive ketones (excluding diaryl/α,β-unsaturated/α-hetero) is 1. The summed E-state index contributed by atoms with van der Waals surface area (Å²) in [6, 6.07) is 0. The number of aryl methyl sites for hydroxylation is 1. The first-order valence-electron chi connectivity index (χ1n) is 7.12. The largest absolute Gasteiger partial charge is 0.299 e. The second-order valence-electron chi connectivity index (χ2n) is 5.93. The molecule has 0 saturated heterocycles. The van der Waals surface area contributed by atoms with Crippen LogP contribution >= 0.6 is 0 Å². The zero-order chi connectivity index (χ0) is 12.5. The number of rotatable bonds is 5. The summed E-state index contributed by atoms with van der Waals surface area (Å²) in [6.45, 7) is 0. The molecule has 2 aliphatic carbocycles. The molecular weight excluding hydrogens is 226 g/mol. The van der Waals surface area contributed by atoms with Gasteiger partial charge < -0.3 is 0 Å². The Morgan fingerprint density at radius 2 is 1.94 bits per heavy atom. The van der Waals surface area contributed by atoms with Crippen LogP contribution in [0.3, 0.4) is 0 Å². The number of carbonyl (C=O) groups is 1. The number of carbonyl (C=O) groups excluding carboxylic acids is 1. The zero-order valence-electron chi connectivity index (χ0n) is 11.0. The normalized spacial score (nSPS) is 20.8. The predicted octanol–water partition coefficient (Wildman–Crippen LogP) is 2.14. The molecule has 1 aromatic heterocycles. The molecule has 0 unspecified atom stereocenters. The van der Waals surface area contributed by atoms with Crippen LogP contribution in [0.25, 0.3) is 0 Å². The van der Waals surface area contributed by atoms with Crippen LogP contribution in [0.1, 0.15) is 44.2 Å². The maximum atomic E-state index is 12.5. The monoisotopic (exact) mass is 247 g/mol. The van der Waals surface area contributed by atoms with Gasteiger partial charge in [-0.25, -0.2) is 0 Å². The van der Waals surface area contributed by atoms with Crippen molar-refractivity contribution < 1.29 is 4.79 Å². The molecule has 0 aliphatic heterocycles. The molecule has 2 fully saturated rings. The molecule has 1 heterocycles. The molecule has 0 atom stereocenters. The minimum absolute atomic E-state index is 0.314. The van der Waals surface area contributed by atoms with Crippen LogP contribution in [-0.2, 0) is 18.3 Å². The molecule has 18 heavy (non-hydrogen) atoms. The maximum Gasteiger partial charge on any atom is 0.142 e. The molecular formula is C14H21N3O. The van der Waals surface area contributed by atoms with Gasteiger partial charge in [0.2, 0.25) is 0 Å². The van der Waals surface area contributed by atoms with Gasteiger partial charge in [0.1, 0.15) is 5.78 Å². The highest BCUT2D eigenvalue weighted by molar-refractivity contribution is 5.83. The molecule has 0 N–H and O–H groups in total. The number of aromatic nitrogens is 3. The van der Waals surface area contributed by atoms with E-state index in [1.165, 1.54) is 38.5 Å². The van der Waals surface area contributed by atoms with Crippen LogP contribution in [0.4, 0.5) is 0 Å². The lowest BCUT2D eigenvalue weighted by Gasteiger charge is -2.41. The highest BCUT2D eigenvalue weighted by Crippen LogP contribution is 2.45. The molecule has 0 amide bonds. The van der Waals surface area contributed by atoms with Crippen molar-refractivity contribution in [2.45, 2.75) is 44.9 Å². The van der Waals surface area contributed by atoms with Gasteiger partial charge in [0.25, 0.3) is 0 Å². The van der Waals surface area contributed by atoms with E-state index in [2.05, 4.69) is 10.3 Å². The van der Waals surface area contributed by atoms with E-state index < -0.39 is 0 Å². The van der Waals surface area contributed by atoms with Crippen molar-refractivity contribution in [3.63, 3.8) is 0 Å². The standard InChI is InChI=1S/C14H21N3O/c1-17-9-12(15-16-17)8-13(18)14(10-4-2-5-10)11-6-3-7-11/h9-11,14H,2-8H2,1H3. The summed E-state index contributed by atoms with van der Waals surface area (Å²) in [7, 11) is 1.84. The lowest BCUT2D eigenvalue weighted by molar-refractivity contribution is -0.128. The van der Waals surface area contributed by atoms with Crippen LogP contribution in [0, 0.1) is 17.8 Å². The smallest absolute Gasteiger partial charge is 0.142 e. The summed E-state index contributed by atoms with van der Waals surface area (Å²) in [6.07, 6.45) is 9.99. The van der Waals surface area contributed by atoms with E-state index in [9.17, 15) is 4.79 Å². The van der Waals surface area contributed by atoms with E-state index in [1.54, 1.807) is 4.68 Å². The summed E-state index contributed by atoms with van der Waals surface area (Å²) >= 11 is 0. The van der Waals surface area contributed by atoms with Crippen LogP contribution < -0.4 is 0 Å². The van der Waals surface area contributed by atoms with Gasteiger partial charge in [-0.05, 0) is 37.5 Å². The summed E-state index contributed by atoms with van der Waals surface area (Å²) in [4.78, 5) is 12.5. The second-order valence-corrected chi connectivity index (χ2v) is 5.93. The highest BCUT2D eigenvalue weighted by Gasteiger charge is 2.40. The van der Waals surface area contributed by atoms with Crippen molar-refractivity contribution in [2.75, 3.05) is 0 Å². The van der Waals surface area contributed by atoms with Gasteiger partial charge in [-0.3, -0.25) is 9.48 Å². The maximum absolute atomic E-state index is 12.5. The van der Waals surface area contributed by atoms with Crippen molar-refractivity contribution in [1.82, 2.24) is 15.0 Å². The minimum atomic E-state index is 0.314. The Morgan fingerprint density at radius 3 is 2.33 bits per heavy atom. The quantitative estimate of drug-likeness (QED) is 0.801. The van der Waals surface area contributed by atoms with E-state index in [4.69, 9.17) is 0 Å². The SMILES string of the molecule is Cn1cc(CC(=O)C(C2CCC2)C2CCC2)nn1. The van der Waals surface area contributed by atoms with E-state index in [0.717, 1.165) is 5.69 Å². The van der Waals surface area contributed by atoms with Crippen molar-refractivity contribution in [2.24, 2.45) is 24.8 Å². The lowest BCUT2D eigenvalue weighted by Crippen LogP contribution is -2.38. The summed E-state index contributed by atoms with van der Waals surface area (Å²) in [5.74, 6) is 2.05. The van der Waals surface area contributed by atoms with Gasteiger partial charge >= 0.3 is 0 Å². The average molecular weight is 247 g/mol. The third-order valence-electron chi connectivity index (χ3n) is 4.69. The first-order chi connectivity index (χ1) is 8.74. The summed E-state index contributed by atoms with van der Waals surface area (Å²) in [5, 5.41) is 7.94. The van der Waals surface area contributed by atoms with E-state index >= 15 is 0 Å². The van der Waals surface area contributed by atoms with Crippen molar-refractivity contribution in [3.8, 4) is 0 Å². The topological polar surface area (TPSA) is 47.8 Å². The average Bonchev–Trinajstić information content (AvgIpc) is 2.57. The molecule has 0 spiro atoms. The Kier molecular flexibility index (Phi) is 3.18. The number of nitrogens with zero attached hydrogens (tertiary/aromatic N) is 3. The molecule has 2 saturated carbocycles. The molecule has 0 radical (unpaired) electrons. The molecule has 3 rings (SSSR count). The number of ketones is 1. The van der Waals surface area contributed by atoms with Crippen LogP contribution in [0.2, 0.25) is 0 Å². The first kappa shape index (κ1) is 11.9. The Bertz CT molecular complexity index is 418. The summed E-state index contributed by atoms with van der Waals surface area (Å²) < 4.78 is 1.67. The van der Waals surface area contributed by atoms with Gasteiger partial charge in [-0.2, -0.15) is 0 Å². The van der Waals surface area contributed by atoms with Gasteiger partial charge in [0.05, 0.1) is 12.1 Å². The minimum Gasteiger partial charge on any atom is -0.299 e. The molecule has 2 aliphatic rings. The fourth-order valence-corrected chi connectivity index (χ4v) is 3.28. The zero-order valence-corrected chi connectivity index (χ0v) is 11.0. The third kappa shape index (κ3) is 2.20. The Hall–Kier alpha value is -1.19. The Labute approximate surface area is 108 Å². The highest BCUT2D eigenvalue weighted by atomic mass is 16.1. The van der Waals surface area contributed by atoms with E-state index in [0.29, 0.717) is 30.0 Å². The van der Waals surface area contributed by atoms with Crippen molar-refractivity contribution in [3.05, 3.63) is 11.9 Å². The molecule has 98 valence electrons. The molecule has 4 nitrogen and oxygen atoms in total. The van der Waals surface area contributed by atoms with E-state index in [-0.39, 0.29) is 0 Å². The molecule has 1 aromatic rings. The Morgan fingerprint density at radius 1 is 1.33 bits per heavy atom. The second kappa shape index (κ2) is 4.82. The fourth-order valence-electron chi connectivity index (χ4n) is 3.28.